The highest BCUT2D eigenvalue weighted by molar-refractivity contribution is 7.09. The molecular weight excluding hydrogens is 296 g/mol. The third-order valence-electron chi connectivity index (χ3n) is 3.14. The maximum absolute atomic E-state index is 12.0. The lowest BCUT2D eigenvalue weighted by atomic mass is 10.1. The first-order chi connectivity index (χ1) is 10.0. The number of piperidine rings is 1. The molecule has 8 nitrogen and oxygen atoms in total. The minimum Gasteiger partial charge on any atom is -0.481 e. The summed E-state index contributed by atoms with van der Waals surface area (Å²) >= 11 is 1.16. The summed E-state index contributed by atoms with van der Waals surface area (Å²) < 4.78 is 9.49. The first kappa shape index (κ1) is 15.6. The molecule has 2 heterocycles. The number of anilines is 1. The van der Waals surface area contributed by atoms with E-state index in [2.05, 4.69) is 14.7 Å². The van der Waals surface area contributed by atoms with Crippen LogP contribution >= 0.6 is 11.5 Å². The molecule has 2 amide bonds. The van der Waals surface area contributed by atoms with E-state index in [9.17, 15) is 9.59 Å². The van der Waals surface area contributed by atoms with E-state index in [1.165, 1.54) is 0 Å². The van der Waals surface area contributed by atoms with Crippen molar-refractivity contribution >= 4 is 28.7 Å². The van der Waals surface area contributed by atoms with Gasteiger partial charge in [0, 0.05) is 24.6 Å². The Morgan fingerprint density at radius 3 is 2.76 bits per heavy atom. The average molecular weight is 314 g/mol. The highest BCUT2D eigenvalue weighted by atomic mass is 32.1. The van der Waals surface area contributed by atoms with Crippen molar-refractivity contribution in [1.29, 1.82) is 0 Å². The largest absolute Gasteiger partial charge is 0.481 e. The Bertz CT molecular complexity index is 499. The molecule has 0 saturated carbocycles. The van der Waals surface area contributed by atoms with Gasteiger partial charge < -0.3 is 14.7 Å². The Balaban J connectivity index is 1.70. The number of ether oxygens (including phenoxy) is 1. The average Bonchev–Trinajstić information content (AvgIpc) is 2.84. The zero-order valence-electron chi connectivity index (χ0n) is 11.7. The molecule has 1 fully saturated rings. The van der Waals surface area contributed by atoms with Crippen LogP contribution in [0.1, 0.15) is 25.1 Å². The molecule has 0 radical (unpaired) electrons. The number of nitrogens with zero attached hydrogens (tertiary/aromatic N) is 3. The molecule has 2 rings (SSSR count). The highest BCUT2D eigenvalue weighted by Gasteiger charge is 2.23. The number of aromatic nitrogens is 2. The number of aryl methyl sites for hydroxylation is 1. The molecule has 0 aliphatic carbocycles. The van der Waals surface area contributed by atoms with Gasteiger partial charge in [0.25, 0.3) is 0 Å². The molecule has 1 aliphatic heterocycles. The van der Waals surface area contributed by atoms with Gasteiger partial charge in [0.1, 0.15) is 5.82 Å². The van der Waals surface area contributed by atoms with Gasteiger partial charge in [-0.05, 0) is 19.8 Å². The standard InChI is InChI=1S/C12H18N4O4S/c1-8-13-11(21-15-8)14-12(19)16-5-2-9(3-6-16)20-7-4-10(17)18/h9H,2-7H2,1H3,(H,17,18)(H,13,14,15,19). The highest BCUT2D eigenvalue weighted by Crippen LogP contribution is 2.16. The van der Waals surface area contributed by atoms with Crippen molar-refractivity contribution in [3.63, 3.8) is 0 Å². The molecule has 1 aliphatic rings. The van der Waals surface area contributed by atoms with Gasteiger partial charge in [-0.1, -0.05) is 0 Å². The van der Waals surface area contributed by atoms with Gasteiger partial charge in [-0.15, -0.1) is 0 Å². The fourth-order valence-electron chi connectivity index (χ4n) is 2.06. The number of carbonyl (C=O) groups is 2. The van der Waals surface area contributed by atoms with E-state index in [1.54, 1.807) is 11.8 Å². The van der Waals surface area contributed by atoms with Crippen LogP contribution in [0, 0.1) is 6.92 Å². The predicted octanol–water partition coefficient (Wildman–Crippen LogP) is 1.33. The van der Waals surface area contributed by atoms with Crippen LogP contribution in [0.25, 0.3) is 0 Å². The Hall–Kier alpha value is -1.74. The van der Waals surface area contributed by atoms with Crippen LogP contribution in [0.4, 0.5) is 9.93 Å². The number of rotatable bonds is 5. The van der Waals surface area contributed by atoms with Crippen molar-refractivity contribution in [3.8, 4) is 0 Å². The lowest BCUT2D eigenvalue weighted by Crippen LogP contribution is -2.43. The minimum absolute atomic E-state index is 0.0110. The van der Waals surface area contributed by atoms with Crippen LogP contribution in [-0.2, 0) is 9.53 Å². The maximum Gasteiger partial charge on any atom is 0.323 e. The molecule has 0 bridgehead atoms. The first-order valence-corrected chi connectivity index (χ1v) is 7.51. The monoisotopic (exact) mass is 314 g/mol. The molecule has 1 saturated heterocycles. The fourth-order valence-corrected chi connectivity index (χ4v) is 2.62. The summed E-state index contributed by atoms with van der Waals surface area (Å²) in [5, 5.41) is 11.8. The minimum atomic E-state index is -0.862. The van der Waals surface area contributed by atoms with Crippen LogP contribution < -0.4 is 5.32 Å². The Morgan fingerprint density at radius 2 is 2.19 bits per heavy atom. The fraction of sp³-hybridized carbons (Fsp3) is 0.667. The second kappa shape index (κ2) is 7.32. The van der Waals surface area contributed by atoms with E-state index in [1.807, 2.05) is 0 Å². The zero-order valence-corrected chi connectivity index (χ0v) is 12.6. The molecule has 0 aromatic carbocycles. The first-order valence-electron chi connectivity index (χ1n) is 6.74. The third kappa shape index (κ3) is 4.94. The number of carboxylic acid groups (broad SMARTS) is 1. The van der Waals surface area contributed by atoms with Gasteiger partial charge in [0.15, 0.2) is 0 Å². The molecule has 0 spiro atoms. The Labute approximate surface area is 126 Å². The summed E-state index contributed by atoms with van der Waals surface area (Å²) in [7, 11) is 0. The van der Waals surface area contributed by atoms with Gasteiger partial charge in [-0.3, -0.25) is 10.1 Å². The number of carbonyl (C=O) groups excluding carboxylic acids is 1. The quantitative estimate of drug-likeness (QED) is 0.849. The second-order valence-corrected chi connectivity index (χ2v) is 5.53. The van der Waals surface area contributed by atoms with Crippen LogP contribution in [0.2, 0.25) is 0 Å². The number of hydrogen-bond donors (Lipinski definition) is 2. The summed E-state index contributed by atoms with van der Waals surface area (Å²) in [5.41, 5.74) is 0. The summed E-state index contributed by atoms with van der Waals surface area (Å²) in [4.78, 5) is 28.2. The molecule has 21 heavy (non-hydrogen) atoms. The number of aliphatic carboxylic acids is 1. The lowest BCUT2D eigenvalue weighted by Gasteiger charge is -2.31. The maximum atomic E-state index is 12.0. The number of urea groups is 1. The molecule has 1 aromatic rings. The van der Waals surface area contributed by atoms with E-state index in [0.29, 0.717) is 36.9 Å². The van der Waals surface area contributed by atoms with Crippen molar-refractivity contribution in [2.45, 2.75) is 32.3 Å². The van der Waals surface area contributed by atoms with Gasteiger partial charge in [0.05, 0.1) is 19.1 Å². The van der Waals surface area contributed by atoms with Crippen molar-refractivity contribution < 1.29 is 19.4 Å². The second-order valence-electron chi connectivity index (χ2n) is 4.78. The normalized spacial score (nSPS) is 16.0. The van der Waals surface area contributed by atoms with E-state index < -0.39 is 5.97 Å². The number of carboxylic acids is 1. The van der Waals surface area contributed by atoms with E-state index in [0.717, 1.165) is 11.5 Å². The van der Waals surface area contributed by atoms with Crippen molar-refractivity contribution in [1.82, 2.24) is 14.3 Å². The molecule has 0 unspecified atom stereocenters. The van der Waals surface area contributed by atoms with Crippen molar-refractivity contribution in [2.24, 2.45) is 0 Å². The van der Waals surface area contributed by atoms with E-state index in [4.69, 9.17) is 9.84 Å². The topological polar surface area (TPSA) is 105 Å². The van der Waals surface area contributed by atoms with Gasteiger partial charge in [-0.25, -0.2) is 9.78 Å². The third-order valence-corrected chi connectivity index (χ3v) is 3.86. The summed E-state index contributed by atoms with van der Waals surface area (Å²) in [6.07, 6.45) is 1.46. The number of nitrogens with one attached hydrogen (secondary N) is 1. The van der Waals surface area contributed by atoms with Gasteiger partial charge in [-0.2, -0.15) is 4.37 Å². The molecule has 9 heteroatoms. The smallest absolute Gasteiger partial charge is 0.323 e. The van der Waals surface area contributed by atoms with Crippen molar-refractivity contribution in [3.05, 3.63) is 5.82 Å². The number of amides is 2. The van der Waals surface area contributed by atoms with Crippen LogP contribution in [0.15, 0.2) is 0 Å². The van der Waals surface area contributed by atoms with Gasteiger partial charge in [0.2, 0.25) is 5.13 Å². The Kier molecular flexibility index (Phi) is 5.45. The van der Waals surface area contributed by atoms with Crippen LogP contribution in [0.3, 0.4) is 0 Å². The molecule has 2 N–H and O–H groups in total. The molecule has 116 valence electrons. The summed E-state index contributed by atoms with van der Waals surface area (Å²) in [6.45, 7) is 3.16. The molecule has 1 aromatic heterocycles. The van der Waals surface area contributed by atoms with E-state index in [-0.39, 0.29) is 25.2 Å². The summed E-state index contributed by atoms with van der Waals surface area (Å²) in [6, 6.07) is -0.185. The molecule has 0 atom stereocenters. The summed E-state index contributed by atoms with van der Waals surface area (Å²) in [5.74, 6) is -0.222. The van der Waals surface area contributed by atoms with Gasteiger partial charge >= 0.3 is 12.0 Å². The van der Waals surface area contributed by atoms with Crippen molar-refractivity contribution in [2.75, 3.05) is 25.0 Å². The number of hydrogen-bond acceptors (Lipinski definition) is 6. The zero-order chi connectivity index (χ0) is 15.2. The van der Waals surface area contributed by atoms with Crippen LogP contribution in [0.5, 0.6) is 0 Å². The number of likely N-dealkylation sites (tertiary alicyclic amines) is 1. The predicted molar refractivity (Wildman–Crippen MR) is 76.5 cm³/mol. The molecular formula is C12H18N4O4S. The van der Waals surface area contributed by atoms with Crippen LogP contribution in [-0.4, -0.2) is 57.2 Å². The SMILES string of the molecule is Cc1nsc(NC(=O)N2CCC(OCCC(=O)O)CC2)n1. The Morgan fingerprint density at radius 1 is 1.48 bits per heavy atom. The van der Waals surface area contributed by atoms with E-state index >= 15 is 0 Å². The lowest BCUT2D eigenvalue weighted by molar-refractivity contribution is -0.138.